The molecule has 16 heavy (non-hydrogen) atoms. The number of likely N-dealkylation sites (N-methyl/N-ethyl adjacent to an activating group) is 1. The lowest BCUT2D eigenvalue weighted by atomic mass is 10.3. The molecule has 7 nitrogen and oxygen atoms in total. The Labute approximate surface area is 91.4 Å². The van der Waals surface area contributed by atoms with E-state index >= 15 is 0 Å². The summed E-state index contributed by atoms with van der Waals surface area (Å²) in [5.41, 5.74) is 0. The van der Waals surface area contributed by atoms with Gasteiger partial charge in [-0.15, -0.1) is 0 Å². The molecule has 88 valence electrons. The molecule has 1 aromatic heterocycles. The first-order chi connectivity index (χ1) is 7.41. The van der Waals surface area contributed by atoms with Crippen molar-refractivity contribution in [2.24, 2.45) is 0 Å². The first-order valence-electron chi connectivity index (χ1n) is 4.59. The Kier molecular flexibility index (Phi) is 3.62. The Balaban J connectivity index is 2.76. The molecule has 7 heteroatoms. The van der Waals surface area contributed by atoms with Crippen LogP contribution in [0.1, 0.15) is 17.5 Å². The summed E-state index contributed by atoms with van der Waals surface area (Å²) in [5.74, 6) is -1.10. The van der Waals surface area contributed by atoms with E-state index < -0.39 is 22.8 Å². The number of nitro groups is 1. The highest BCUT2D eigenvalue weighted by Crippen LogP contribution is 2.16. The molecule has 1 unspecified atom stereocenters. The summed E-state index contributed by atoms with van der Waals surface area (Å²) in [5, 5.41) is 19.4. The Morgan fingerprint density at radius 3 is 2.75 bits per heavy atom. The predicted octanol–water partition coefficient (Wildman–Crippen LogP) is 0.641. The lowest BCUT2D eigenvalue weighted by Gasteiger charge is -2.16. The number of hydrogen-bond donors (Lipinski definition) is 1. The Bertz CT molecular complexity index is 398. The van der Waals surface area contributed by atoms with E-state index in [1.165, 1.54) is 24.9 Å². The summed E-state index contributed by atoms with van der Waals surface area (Å²) >= 11 is 0. The van der Waals surface area contributed by atoms with Crippen molar-refractivity contribution in [2.75, 3.05) is 13.6 Å². The molecule has 1 N–H and O–H groups in total. The summed E-state index contributed by atoms with van der Waals surface area (Å²) in [4.78, 5) is 22.5. The van der Waals surface area contributed by atoms with Crippen LogP contribution in [0.3, 0.4) is 0 Å². The number of carbonyl (C=O) groups is 1. The van der Waals surface area contributed by atoms with Gasteiger partial charge in [0.1, 0.15) is 4.92 Å². The van der Waals surface area contributed by atoms with Crippen LogP contribution in [0.4, 0.5) is 5.88 Å². The van der Waals surface area contributed by atoms with Crippen LogP contribution in [0.2, 0.25) is 0 Å². The van der Waals surface area contributed by atoms with Crippen LogP contribution in [0.25, 0.3) is 0 Å². The van der Waals surface area contributed by atoms with Gasteiger partial charge in [-0.3, -0.25) is 14.9 Å². The van der Waals surface area contributed by atoms with Gasteiger partial charge in [0, 0.05) is 13.6 Å². The van der Waals surface area contributed by atoms with Crippen molar-refractivity contribution in [1.82, 2.24) is 4.90 Å². The van der Waals surface area contributed by atoms with Gasteiger partial charge in [0.25, 0.3) is 5.91 Å². The third kappa shape index (κ3) is 2.80. The van der Waals surface area contributed by atoms with Gasteiger partial charge >= 0.3 is 5.88 Å². The second kappa shape index (κ2) is 4.75. The molecule has 0 aliphatic carbocycles. The second-order valence-electron chi connectivity index (χ2n) is 3.43. The predicted molar refractivity (Wildman–Crippen MR) is 54.0 cm³/mol. The number of hydrogen-bond acceptors (Lipinski definition) is 5. The number of aliphatic hydroxyl groups excluding tert-OH is 1. The zero-order chi connectivity index (χ0) is 12.3. The van der Waals surface area contributed by atoms with Gasteiger partial charge in [-0.2, -0.15) is 0 Å². The minimum Gasteiger partial charge on any atom is -0.395 e. The van der Waals surface area contributed by atoms with Gasteiger partial charge in [-0.25, -0.2) is 0 Å². The molecule has 0 bridgehead atoms. The third-order valence-corrected chi connectivity index (χ3v) is 1.87. The topological polar surface area (TPSA) is 96.8 Å². The minimum atomic E-state index is -0.717. The van der Waals surface area contributed by atoms with Crippen molar-refractivity contribution in [3.63, 3.8) is 0 Å². The van der Waals surface area contributed by atoms with E-state index in [0.29, 0.717) is 0 Å². The average molecular weight is 228 g/mol. The third-order valence-electron chi connectivity index (χ3n) is 1.87. The maximum absolute atomic E-state index is 11.6. The number of aliphatic hydroxyl groups is 1. The number of amides is 1. The number of rotatable bonds is 4. The van der Waals surface area contributed by atoms with E-state index in [0.717, 1.165) is 6.07 Å². The first kappa shape index (κ1) is 12.2. The minimum absolute atomic E-state index is 0.116. The molecule has 1 atom stereocenters. The van der Waals surface area contributed by atoms with Crippen LogP contribution in [-0.2, 0) is 0 Å². The molecule has 0 spiro atoms. The smallest absolute Gasteiger partial charge is 0.395 e. The van der Waals surface area contributed by atoms with Gasteiger partial charge < -0.3 is 14.4 Å². The molecule has 1 aromatic rings. The summed E-state index contributed by atoms with van der Waals surface area (Å²) < 4.78 is 4.74. The fraction of sp³-hybridized carbons (Fsp3) is 0.444. The fourth-order valence-corrected chi connectivity index (χ4v) is 1.21. The van der Waals surface area contributed by atoms with Crippen LogP contribution in [0.5, 0.6) is 0 Å². The molecular weight excluding hydrogens is 216 g/mol. The van der Waals surface area contributed by atoms with E-state index in [9.17, 15) is 14.9 Å². The van der Waals surface area contributed by atoms with Crippen LogP contribution < -0.4 is 0 Å². The number of furan rings is 1. The zero-order valence-corrected chi connectivity index (χ0v) is 8.91. The molecule has 0 aromatic carbocycles. The van der Waals surface area contributed by atoms with Gasteiger partial charge in [-0.05, 0) is 13.0 Å². The van der Waals surface area contributed by atoms with E-state index in [-0.39, 0.29) is 12.3 Å². The lowest BCUT2D eigenvalue weighted by molar-refractivity contribution is -0.402. The average Bonchev–Trinajstić information content (AvgIpc) is 2.64. The summed E-state index contributed by atoms with van der Waals surface area (Å²) in [7, 11) is 1.48. The molecule has 0 aliphatic heterocycles. The molecular formula is C9H12N2O5. The monoisotopic (exact) mass is 228 g/mol. The largest absolute Gasteiger partial charge is 0.433 e. The first-order valence-corrected chi connectivity index (χ1v) is 4.59. The van der Waals surface area contributed by atoms with Crippen molar-refractivity contribution in [3.05, 3.63) is 28.0 Å². The summed E-state index contributed by atoms with van der Waals surface area (Å²) in [6.07, 6.45) is -0.668. The van der Waals surface area contributed by atoms with E-state index in [2.05, 4.69) is 0 Å². The molecule has 1 amide bonds. The molecule has 0 radical (unpaired) electrons. The van der Waals surface area contributed by atoms with Crippen molar-refractivity contribution in [1.29, 1.82) is 0 Å². The molecule has 0 fully saturated rings. The van der Waals surface area contributed by atoms with Crippen molar-refractivity contribution < 1.29 is 19.2 Å². The standard InChI is InChI=1S/C9H12N2O5/c1-6(12)5-10(2)9(13)7-3-4-8(16-7)11(14)15/h3-4,6,12H,5H2,1-2H3. The summed E-state index contributed by atoms with van der Waals surface area (Å²) in [6, 6.07) is 2.35. The van der Waals surface area contributed by atoms with E-state index in [4.69, 9.17) is 9.52 Å². The van der Waals surface area contributed by atoms with Crippen LogP contribution in [0, 0.1) is 10.1 Å². The molecule has 1 heterocycles. The molecule has 1 rings (SSSR count). The number of nitrogens with zero attached hydrogens (tertiary/aromatic N) is 2. The van der Waals surface area contributed by atoms with E-state index in [1.54, 1.807) is 0 Å². The Morgan fingerprint density at radius 2 is 2.31 bits per heavy atom. The SMILES string of the molecule is CC(O)CN(C)C(=O)c1ccc([N+](=O)[O-])o1. The van der Waals surface area contributed by atoms with Crippen LogP contribution in [0.15, 0.2) is 16.5 Å². The molecule has 0 aliphatic rings. The van der Waals surface area contributed by atoms with E-state index in [1.807, 2.05) is 0 Å². The van der Waals surface area contributed by atoms with Crippen molar-refractivity contribution in [3.8, 4) is 0 Å². The van der Waals surface area contributed by atoms with Crippen LogP contribution >= 0.6 is 0 Å². The fourth-order valence-electron chi connectivity index (χ4n) is 1.21. The van der Waals surface area contributed by atoms with Crippen molar-refractivity contribution in [2.45, 2.75) is 13.0 Å². The quantitative estimate of drug-likeness (QED) is 0.602. The maximum Gasteiger partial charge on any atom is 0.433 e. The van der Waals surface area contributed by atoms with Crippen molar-refractivity contribution >= 4 is 11.8 Å². The lowest BCUT2D eigenvalue weighted by Crippen LogP contribution is -2.32. The van der Waals surface area contributed by atoms with Gasteiger partial charge in [-0.1, -0.05) is 0 Å². The Hall–Kier alpha value is -1.89. The van der Waals surface area contributed by atoms with Gasteiger partial charge in [0.15, 0.2) is 5.76 Å². The molecule has 0 saturated heterocycles. The van der Waals surface area contributed by atoms with Crippen LogP contribution in [-0.4, -0.2) is 40.5 Å². The zero-order valence-electron chi connectivity index (χ0n) is 8.91. The normalized spacial score (nSPS) is 12.2. The highest BCUT2D eigenvalue weighted by molar-refractivity contribution is 5.91. The highest BCUT2D eigenvalue weighted by Gasteiger charge is 2.20. The Morgan fingerprint density at radius 1 is 1.69 bits per heavy atom. The summed E-state index contributed by atoms with van der Waals surface area (Å²) in [6.45, 7) is 1.67. The van der Waals surface area contributed by atoms with Gasteiger partial charge in [0.2, 0.25) is 0 Å². The second-order valence-corrected chi connectivity index (χ2v) is 3.43. The molecule has 0 saturated carbocycles. The van der Waals surface area contributed by atoms with Gasteiger partial charge in [0.05, 0.1) is 12.2 Å². The highest BCUT2D eigenvalue weighted by atomic mass is 16.6. The number of carbonyl (C=O) groups excluding carboxylic acids is 1. The maximum atomic E-state index is 11.6.